The van der Waals surface area contributed by atoms with E-state index in [4.69, 9.17) is 14.2 Å². The van der Waals surface area contributed by atoms with Crippen LogP contribution in [0.2, 0.25) is 0 Å². The fraction of sp³-hybridized carbons (Fsp3) is 0.646. The maximum absolute atomic E-state index is 12.9. The minimum Gasteiger partial charge on any atom is -0.462 e. The predicted molar refractivity (Wildman–Crippen MR) is 306 cm³/mol. The average Bonchev–Trinajstić information content (AvgIpc) is 3.37. The summed E-state index contributed by atoms with van der Waals surface area (Å²) in [7, 11) is 0. The van der Waals surface area contributed by atoms with Crippen LogP contribution in [0.1, 0.15) is 252 Å². The molecule has 0 amide bonds. The lowest BCUT2D eigenvalue weighted by molar-refractivity contribution is -0.166. The number of esters is 3. The molecule has 0 rings (SSSR count). The van der Waals surface area contributed by atoms with Crippen molar-refractivity contribution in [1.29, 1.82) is 0 Å². The highest BCUT2D eigenvalue weighted by Gasteiger charge is 2.19. The van der Waals surface area contributed by atoms with Crippen LogP contribution >= 0.6 is 0 Å². The molecule has 0 spiro atoms. The monoisotopic (exact) mass is 983 g/mol. The third kappa shape index (κ3) is 56.6. The number of carbonyl (C=O) groups excluding carboxylic acids is 3. The van der Waals surface area contributed by atoms with Gasteiger partial charge in [0.15, 0.2) is 6.10 Å². The average molecular weight is 984 g/mol. The van der Waals surface area contributed by atoms with Crippen molar-refractivity contribution in [3.63, 3.8) is 0 Å². The van der Waals surface area contributed by atoms with E-state index in [-0.39, 0.29) is 44.0 Å². The molecular formula is C65H106O6. The summed E-state index contributed by atoms with van der Waals surface area (Å²) < 4.78 is 16.8. The summed E-state index contributed by atoms with van der Waals surface area (Å²) >= 11 is 0. The molecule has 0 saturated heterocycles. The number of hydrogen-bond acceptors (Lipinski definition) is 6. The molecule has 0 aliphatic carbocycles. The van der Waals surface area contributed by atoms with Gasteiger partial charge in [0.05, 0.1) is 0 Å². The Morgan fingerprint density at radius 1 is 0.296 bits per heavy atom. The molecule has 0 aromatic heterocycles. The molecule has 0 N–H and O–H groups in total. The molecule has 0 aliphatic rings. The first-order valence-corrected chi connectivity index (χ1v) is 29.0. The normalized spacial score (nSPS) is 13.0. The van der Waals surface area contributed by atoms with Crippen LogP contribution in [0, 0.1) is 0 Å². The summed E-state index contributed by atoms with van der Waals surface area (Å²) in [5, 5.41) is 0. The topological polar surface area (TPSA) is 78.9 Å². The zero-order valence-corrected chi connectivity index (χ0v) is 45.9. The van der Waals surface area contributed by atoms with Crippen LogP contribution in [0.5, 0.6) is 0 Å². The summed E-state index contributed by atoms with van der Waals surface area (Å²) in [5.74, 6) is -1.02. The van der Waals surface area contributed by atoms with Crippen molar-refractivity contribution < 1.29 is 28.6 Å². The lowest BCUT2D eigenvalue weighted by Crippen LogP contribution is -2.30. The van der Waals surface area contributed by atoms with E-state index in [2.05, 4.69) is 136 Å². The van der Waals surface area contributed by atoms with Crippen molar-refractivity contribution in [2.24, 2.45) is 0 Å². The first-order chi connectivity index (χ1) is 35.0. The summed E-state index contributed by atoms with van der Waals surface area (Å²) in [5.41, 5.74) is 0. The summed E-state index contributed by atoms with van der Waals surface area (Å²) in [6.45, 7) is 6.34. The standard InChI is InChI=1S/C65H106O6/c1-4-7-10-13-16-19-22-25-28-31-32-35-37-40-43-46-49-52-55-58-64(67)70-61-62(71-65(68)59-56-53-50-47-44-41-38-34-30-27-24-21-18-15-12-9-6-3)60-69-63(66)57-54-51-48-45-42-39-36-33-29-26-23-20-17-14-11-8-5-2/h7,9-10,12,16,18-19,21,25,27-28,30,32,35,38,40-41,43,49,52,62H,4-6,8,11,13-15,17,20,22-24,26,29,31,33-34,36-37,39,42,44-48,50-51,53-61H2,1-3H3/b10-7-,12-9-,19-16-,21-18-,28-25-,30-27-,35-32-,41-38-,43-40-,52-49-. The lowest BCUT2D eigenvalue weighted by atomic mass is 10.0. The minimum absolute atomic E-state index is 0.112. The quantitative estimate of drug-likeness (QED) is 0.0261. The van der Waals surface area contributed by atoms with E-state index in [1.807, 2.05) is 6.08 Å². The van der Waals surface area contributed by atoms with Gasteiger partial charge in [0.2, 0.25) is 0 Å². The van der Waals surface area contributed by atoms with Gasteiger partial charge in [0, 0.05) is 19.3 Å². The number of allylic oxidation sites excluding steroid dienone is 20. The van der Waals surface area contributed by atoms with Crippen LogP contribution in [0.4, 0.5) is 0 Å². The van der Waals surface area contributed by atoms with E-state index < -0.39 is 6.10 Å². The molecule has 1 unspecified atom stereocenters. The van der Waals surface area contributed by atoms with E-state index in [1.165, 1.54) is 89.9 Å². The van der Waals surface area contributed by atoms with Gasteiger partial charge in [-0.3, -0.25) is 14.4 Å². The molecule has 0 fully saturated rings. The van der Waals surface area contributed by atoms with Gasteiger partial charge in [-0.15, -0.1) is 0 Å². The van der Waals surface area contributed by atoms with Crippen molar-refractivity contribution >= 4 is 17.9 Å². The molecule has 0 aromatic carbocycles. The highest BCUT2D eigenvalue weighted by atomic mass is 16.6. The number of unbranched alkanes of at least 4 members (excludes halogenated alkanes) is 20. The van der Waals surface area contributed by atoms with Crippen molar-refractivity contribution in [3.8, 4) is 0 Å². The molecule has 0 radical (unpaired) electrons. The molecule has 6 nitrogen and oxygen atoms in total. The summed E-state index contributed by atoms with van der Waals surface area (Å²) in [6, 6.07) is 0. The first kappa shape index (κ1) is 66.8. The molecule has 0 saturated carbocycles. The van der Waals surface area contributed by atoms with Crippen molar-refractivity contribution in [3.05, 3.63) is 122 Å². The van der Waals surface area contributed by atoms with E-state index in [1.54, 1.807) is 0 Å². The van der Waals surface area contributed by atoms with E-state index in [9.17, 15) is 14.4 Å². The van der Waals surface area contributed by atoms with Crippen molar-refractivity contribution in [2.75, 3.05) is 13.2 Å². The Bertz CT molecular complexity index is 1500. The van der Waals surface area contributed by atoms with E-state index in [0.29, 0.717) is 12.8 Å². The second-order valence-electron chi connectivity index (χ2n) is 18.8. The maximum Gasteiger partial charge on any atom is 0.306 e. The van der Waals surface area contributed by atoms with Crippen molar-refractivity contribution in [2.45, 2.75) is 258 Å². The largest absolute Gasteiger partial charge is 0.462 e. The molecule has 71 heavy (non-hydrogen) atoms. The minimum atomic E-state index is -0.824. The maximum atomic E-state index is 12.9. The zero-order valence-electron chi connectivity index (χ0n) is 45.9. The second kappa shape index (κ2) is 58.4. The van der Waals surface area contributed by atoms with Gasteiger partial charge >= 0.3 is 17.9 Å². The Hall–Kier alpha value is -4.19. The van der Waals surface area contributed by atoms with Gasteiger partial charge in [0.1, 0.15) is 13.2 Å². The zero-order chi connectivity index (χ0) is 51.4. The van der Waals surface area contributed by atoms with Gasteiger partial charge in [-0.25, -0.2) is 0 Å². The predicted octanol–water partition coefficient (Wildman–Crippen LogP) is 19.6. The Balaban J connectivity index is 4.54. The van der Waals surface area contributed by atoms with Gasteiger partial charge in [0.25, 0.3) is 0 Å². The SMILES string of the molecule is CC/C=C\C/C=C\C/C=C\C/C=C\C/C=C\C/C=C\CCC(=O)OCC(COC(=O)CCCCCCCCCCCCCCCCCCC)OC(=O)CCCCCC/C=C\C/C=C\C/C=C\C/C=C\CC. The van der Waals surface area contributed by atoms with Crippen LogP contribution in [-0.2, 0) is 28.6 Å². The molecule has 6 heteroatoms. The van der Waals surface area contributed by atoms with Gasteiger partial charge in [-0.2, -0.15) is 0 Å². The lowest BCUT2D eigenvalue weighted by Gasteiger charge is -2.18. The highest BCUT2D eigenvalue weighted by Crippen LogP contribution is 2.15. The van der Waals surface area contributed by atoms with Crippen LogP contribution < -0.4 is 0 Å². The first-order valence-electron chi connectivity index (χ1n) is 29.0. The smallest absolute Gasteiger partial charge is 0.306 e. The molecule has 0 heterocycles. The van der Waals surface area contributed by atoms with E-state index >= 15 is 0 Å². The van der Waals surface area contributed by atoms with Crippen molar-refractivity contribution in [1.82, 2.24) is 0 Å². The van der Waals surface area contributed by atoms with Crippen LogP contribution in [0.15, 0.2) is 122 Å². The molecule has 402 valence electrons. The third-order valence-electron chi connectivity index (χ3n) is 12.0. The van der Waals surface area contributed by atoms with Gasteiger partial charge in [-0.05, 0) is 96.3 Å². The molecule has 0 bridgehead atoms. The summed E-state index contributed by atoms with van der Waals surface area (Å²) in [4.78, 5) is 38.2. The highest BCUT2D eigenvalue weighted by molar-refractivity contribution is 5.71. The fourth-order valence-electron chi connectivity index (χ4n) is 7.69. The van der Waals surface area contributed by atoms with Crippen LogP contribution in [-0.4, -0.2) is 37.2 Å². The van der Waals surface area contributed by atoms with Gasteiger partial charge < -0.3 is 14.2 Å². The van der Waals surface area contributed by atoms with Crippen LogP contribution in [0.25, 0.3) is 0 Å². The summed E-state index contributed by atoms with van der Waals surface area (Å²) in [6.07, 6.45) is 80.6. The number of hydrogen-bond donors (Lipinski definition) is 0. The van der Waals surface area contributed by atoms with Gasteiger partial charge in [-0.1, -0.05) is 258 Å². The Kier molecular flexibility index (Phi) is 54.9. The number of ether oxygens (including phenoxy) is 3. The fourth-order valence-corrected chi connectivity index (χ4v) is 7.69. The Morgan fingerprint density at radius 3 is 0.944 bits per heavy atom. The Labute approximate surface area is 437 Å². The number of carbonyl (C=O) groups is 3. The molecule has 0 aromatic rings. The Morgan fingerprint density at radius 2 is 0.577 bits per heavy atom. The van der Waals surface area contributed by atoms with Crippen LogP contribution in [0.3, 0.4) is 0 Å². The third-order valence-corrected chi connectivity index (χ3v) is 12.0. The molecule has 0 aliphatic heterocycles. The number of rotatable bonds is 51. The molecular weight excluding hydrogens is 877 g/mol. The van der Waals surface area contributed by atoms with E-state index in [0.717, 1.165) is 116 Å². The second-order valence-corrected chi connectivity index (χ2v) is 18.8. The molecule has 1 atom stereocenters.